The number of hydrogen-bond donors (Lipinski definition) is 1. The van der Waals surface area contributed by atoms with Crippen molar-refractivity contribution in [2.45, 2.75) is 0 Å². The topological polar surface area (TPSA) is 26.0 Å². The number of hydrogen-bond acceptors (Lipinski definition) is 1. The molecule has 2 N–H and O–H groups in total. The fraction of sp³-hybridized carbons (Fsp3) is 0. The maximum absolute atomic E-state index is 5.87. The molecule has 0 aliphatic heterocycles. The second-order valence-electron chi connectivity index (χ2n) is 5.07. The van der Waals surface area contributed by atoms with Crippen molar-refractivity contribution in [3.8, 4) is 0 Å². The lowest BCUT2D eigenvalue weighted by Crippen LogP contribution is -1.85. The normalized spacial score (nSPS) is 11.4. The molecule has 2 heteroatoms. The highest BCUT2D eigenvalue weighted by Gasteiger charge is 2.05. The molecule has 0 unspecified atom stereocenters. The lowest BCUT2D eigenvalue weighted by molar-refractivity contribution is 1.72. The van der Waals surface area contributed by atoms with Crippen LogP contribution >= 0.6 is 22.6 Å². The van der Waals surface area contributed by atoms with Gasteiger partial charge in [0.2, 0.25) is 0 Å². The van der Waals surface area contributed by atoms with Crippen molar-refractivity contribution in [3.63, 3.8) is 0 Å². The van der Waals surface area contributed by atoms with Gasteiger partial charge < -0.3 is 5.73 Å². The smallest absolute Gasteiger partial charge is 0.0320 e. The van der Waals surface area contributed by atoms with E-state index in [4.69, 9.17) is 5.73 Å². The van der Waals surface area contributed by atoms with Crippen LogP contribution in [0.2, 0.25) is 0 Å². The van der Waals surface area contributed by atoms with E-state index in [9.17, 15) is 0 Å². The summed E-state index contributed by atoms with van der Waals surface area (Å²) in [6.07, 6.45) is 0. The lowest BCUT2D eigenvalue weighted by Gasteiger charge is -2.08. The van der Waals surface area contributed by atoms with E-state index in [-0.39, 0.29) is 0 Å². The summed E-state index contributed by atoms with van der Waals surface area (Å²) in [4.78, 5) is 0. The lowest BCUT2D eigenvalue weighted by atomic mass is 9.97. The molecular formula is C18H12IN. The molecule has 0 aliphatic carbocycles. The second-order valence-corrected chi connectivity index (χ2v) is 6.32. The molecule has 0 atom stereocenters. The predicted molar refractivity (Wildman–Crippen MR) is 96.1 cm³/mol. The molecule has 4 aromatic carbocycles. The summed E-state index contributed by atoms with van der Waals surface area (Å²) in [6, 6.07) is 21.5. The molecule has 0 heterocycles. The average molecular weight is 369 g/mol. The van der Waals surface area contributed by atoms with E-state index in [0.717, 1.165) is 5.69 Å². The summed E-state index contributed by atoms with van der Waals surface area (Å²) < 4.78 is 1.27. The highest BCUT2D eigenvalue weighted by Crippen LogP contribution is 2.32. The van der Waals surface area contributed by atoms with Crippen LogP contribution in [0.5, 0.6) is 0 Å². The number of nitrogens with two attached hydrogens (primary N) is 1. The maximum atomic E-state index is 5.87. The molecule has 0 aliphatic rings. The summed E-state index contributed by atoms with van der Waals surface area (Å²) >= 11 is 2.36. The van der Waals surface area contributed by atoms with Gasteiger partial charge in [-0.05, 0) is 79.2 Å². The van der Waals surface area contributed by atoms with Crippen molar-refractivity contribution in [3.05, 3.63) is 64.2 Å². The maximum Gasteiger partial charge on any atom is 0.0320 e. The van der Waals surface area contributed by atoms with Gasteiger partial charge in [-0.15, -0.1) is 0 Å². The minimum Gasteiger partial charge on any atom is -0.399 e. The zero-order valence-corrected chi connectivity index (χ0v) is 12.9. The standard InChI is InChI=1S/C18H12IN/c19-13-3-7-15-11(9-13)1-5-18-16-8-4-14(20)10-12(16)2-6-17(15)18/h1-10H,20H2. The van der Waals surface area contributed by atoms with Crippen molar-refractivity contribution in [2.24, 2.45) is 0 Å². The summed E-state index contributed by atoms with van der Waals surface area (Å²) in [5.74, 6) is 0. The number of benzene rings is 4. The first kappa shape index (κ1) is 12.0. The minimum atomic E-state index is 0.812. The fourth-order valence-electron chi connectivity index (χ4n) is 2.88. The van der Waals surface area contributed by atoms with Crippen LogP contribution in [0.1, 0.15) is 0 Å². The Morgan fingerprint density at radius 3 is 1.85 bits per heavy atom. The van der Waals surface area contributed by atoms with Crippen molar-refractivity contribution in [1.82, 2.24) is 0 Å². The first-order valence-electron chi connectivity index (χ1n) is 6.53. The average Bonchev–Trinajstić information content (AvgIpc) is 2.45. The second kappa shape index (κ2) is 4.35. The van der Waals surface area contributed by atoms with Crippen molar-refractivity contribution in [1.29, 1.82) is 0 Å². The van der Waals surface area contributed by atoms with E-state index in [1.54, 1.807) is 0 Å². The Morgan fingerprint density at radius 2 is 1.15 bits per heavy atom. The Labute approximate surface area is 130 Å². The molecule has 0 saturated carbocycles. The number of fused-ring (bicyclic) bond motifs is 5. The Morgan fingerprint density at radius 1 is 0.600 bits per heavy atom. The number of halogens is 1. The van der Waals surface area contributed by atoms with E-state index < -0.39 is 0 Å². The van der Waals surface area contributed by atoms with Gasteiger partial charge in [0.1, 0.15) is 0 Å². The third-order valence-electron chi connectivity index (χ3n) is 3.82. The molecule has 0 bridgehead atoms. The van der Waals surface area contributed by atoms with E-state index in [2.05, 4.69) is 71.1 Å². The monoisotopic (exact) mass is 369 g/mol. The first-order chi connectivity index (χ1) is 9.72. The van der Waals surface area contributed by atoms with Crippen molar-refractivity contribution < 1.29 is 0 Å². The summed E-state index contributed by atoms with van der Waals surface area (Å²) in [7, 11) is 0. The summed E-state index contributed by atoms with van der Waals surface area (Å²) in [5, 5.41) is 7.65. The van der Waals surface area contributed by atoms with E-state index in [0.29, 0.717) is 0 Å². The van der Waals surface area contributed by atoms with Crippen LogP contribution in [-0.2, 0) is 0 Å². The highest BCUT2D eigenvalue weighted by atomic mass is 127. The third-order valence-corrected chi connectivity index (χ3v) is 4.49. The molecule has 4 rings (SSSR count). The van der Waals surface area contributed by atoms with Gasteiger partial charge in [0.05, 0.1) is 0 Å². The largest absolute Gasteiger partial charge is 0.399 e. The Balaban J connectivity index is 2.21. The molecule has 0 spiro atoms. The molecular weight excluding hydrogens is 357 g/mol. The molecule has 0 amide bonds. The van der Waals surface area contributed by atoms with Crippen LogP contribution in [0.4, 0.5) is 5.69 Å². The van der Waals surface area contributed by atoms with Crippen molar-refractivity contribution >= 4 is 60.6 Å². The van der Waals surface area contributed by atoms with Gasteiger partial charge in [-0.1, -0.05) is 36.4 Å². The Kier molecular flexibility index (Phi) is 2.60. The number of nitrogen functional groups attached to an aromatic ring is 1. The zero-order chi connectivity index (χ0) is 13.7. The van der Waals surface area contributed by atoms with Gasteiger partial charge in [0.15, 0.2) is 0 Å². The third kappa shape index (κ3) is 1.75. The van der Waals surface area contributed by atoms with E-state index in [1.807, 2.05) is 12.1 Å². The molecule has 20 heavy (non-hydrogen) atoms. The molecule has 0 saturated heterocycles. The number of anilines is 1. The van der Waals surface area contributed by atoms with Gasteiger partial charge in [-0.3, -0.25) is 0 Å². The van der Waals surface area contributed by atoms with Gasteiger partial charge >= 0.3 is 0 Å². The molecule has 4 aromatic rings. The Hall–Kier alpha value is -1.81. The molecule has 0 aromatic heterocycles. The fourth-order valence-corrected chi connectivity index (χ4v) is 3.39. The van der Waals surface area contributed by atoms with Crippen LogP contribution in [0.3, 0.4) is 0 Å². The minimum absolute atomic E-state index is 0.812. The first-order valence-corrected chi connectivity index (χ1v) is 7.60. The summed E-state index contributed by atoms with van der Waals surface area (Å²) in [6.45, 7) is 0. The summed E-state index contributed by atoms with van der Waals surface area (Å²) in [5.41, 5.74) is 6.69. The SMILES string of the molecule is Nc1ccc2c(ccc3c4ccc(I)cc4ccc23)c1. The quantitative estimate of drug-likeness (QED) is 0.253. The molecule has 0 fully saturated rings. The Bertz CT molecular complexity index is 892. The van der Waals surface area contributed by atoms with Crippen molar-refractivity contribution in [2.75, 3.05) is 5.73 Å². The predicted octanol–water partition coefficient (Wildman–Crippen LogP) is 5.33. The highest BCUT2D eigenvalue weighted by molar-refractivity contribution is 14.1. The number of rotatable bonds is 0. The van der Waals surface area contributed by atoms with Crippen LogP contribution < -0.4 is 5.73 Å². The van der Waals surface area contributed by atoms with Gasteiger partial charge in [0.25, 0.3) is 0 Å². The molecule has 1 nitrogen and oxygen atoms in total. The van der Waals surface area contributed by atoms with Gasteiger partial charge in [0, 0.05) is 9.26 Å². The molecule has 0 radical (unpaired) electrons. The van der Waals surface area contributed by atoms with Crippen LogP contribution in [0.25, 0.3) is 32.3 Å². The zero-order valence-electron chi connectivity index (χ0n) is 10.7. The van der Waals surface area contributed by atoms with E-state index >= 15 is 0 Å². The van der Waals surface area contributed by atoms with E-state index in [1.165, 1.54) is 35.9 Å². The van der Waals surface area contributed by atoms with Gasteiger partial charge in [-0.2, -0.15) is 0 Å². The van der Waals surface area contributed by atoms with Crippen LogP contribution in [0.15, 0.2) is 60.7 Å². The molecule has 96 valence electrons. The van der Waals surface area contributed by atoms with Crippen LogP contribution in [0, 0.1) is 3.57 Å². The van der Waals surface area contributed by atoms with Crippen LogP contribution in [-0.4, -0.2) is 0 Å². The van der Waals surface area contributed by atoms with Gasteiger partial charge in [-0.25, -0.2) is 0 Å².